The van der Waals surface area contributed by atoms with Gasteiger partial charge in [0.15, 0.2) is 0 Å². The summed E-state index contributed by atoms with van der Waals surface area (Å²) in [6, 6.07) is 19.9. The lowest BCUT2D eigenvalue weighted by Crippen LogP contribution is -2.10. The molecule has 0 saturated heterocycles. The molecule has 0 unspecified atom stereocenters. The van der Waals surface area contributed by atoms with E-state index in [2.05, 4.69) is 75.4 Å². The van der Waals surface area contributed by atoms with Crippen molar-refractivity contribution in [3.63, 3.8) is 0 Å². The van der Waals surface area contributed by atoms with Crippen molar-refractivity contribution in [1.29, 1.82) is 0 Å². The molecule has 0 aliphatic heterocycles. The molecule has 90 valence electrons. The highest BCUT2D eigenvalue weighted by Crippen LogP contribution is 2.30. The highest BCUT2D eigenvalue weighted by atomic mass is 14.2. The predicted molar refractivity (Wildman–Crippen MR) is 80.2 cm³/mol. The van der Waals surface area contributed by atoms with Gasteiger partial charge in [0, 0.05) is 0 Å². The van der Waals surface area contributed by atoms with Gasteiger partial charge >= 0.3 is 0 Å². The van der Waals surface area contributed by atoms with Crippen LogP contribution in [0.15, 0.2) is 54.6 Å². The van der Waals surface area contributed by atoms with Gasteiger partial charge in [0.25, 0.3) is 0 Å². The van der Waals surface area contributed by atoms with Crippen LogP contribution in [-0.4, -0.2) is 0 Å². The van der Waals surface area contributed by atoms with E-state index in [1.807, 2.05) is 0 Å². The Morgan fingerprint density at radius 3 is 2.00 bits per heavy atom. The Morgan fingerprint density at radius 2 is 1.28 bits per heavy atom. The number of rotatable bonds is 0. The van der Waals surface area contributed by atoms with Crippen LogP contribution in [0, 0.1) is 0 Å². The molecule has 0 spiro atoms. The van der Waals surface area contributed by atoms with Gasteiger partial charge in [0.1, 0.15) is 0 Å². The Hall–Kier alpha value is -1.82. The standard InChI is InChI=1S/C18H18/c1-18(2,3)15-11-10-14-9-8-13-6-4-5-7-16(13)17(14)12-15/h4-12H,1-3H3. The molecule has 0 aliphatic rings. The molecule has 0 N–H and O–H groups in total. The van der Waals surface area contributed by atoms with Gasteiger partial charge in [0.05, 0.1) is 0 Å². The van der Waals surface area contributed by atoms with E-state index in [4.69, 9.17) is 0 Å². The summed E-state index contributed by atoms with van der Waals surface area (Å²) in [7, 11) is 0. The molecule has 0 fully saturated rings. The first-order valence-corrected chi connectivity index (χ1v) is 6.48. The maximum Gasteiger partial charge on any atom is -0.0102 e. The van der Waals surface area contributed by atoms with E-state index < -0.39 is 0 Å². The van der Waals surface area contributed by atoms with Crippen LogP contribution in [0.5, 0.6) is 0 Å². The largest absolute Gasteiger partial charge is 0.0616 e. The van der Waals surface area contributed by atoms with E-state index in [0.29, 0.717) is 0 Å². The fourth-order valence-corrected chi connectivity index (χ4v) is 2.47. The van der Waals surface area contributed by atoms with Gasteiger partial charge < -0.3 is 0 Å². The molecule has 0 atom stereocenters. The van der Waals surface area contributed by atoms with Gasteiger partial charge in [-0.05, 0) is 32.5 Å². The molecule has 0 aliphatic carbocycles. The van der Waals surface area contributed by atoms with Crippen LogP contribution in [0.4, 0.5) is 0 Å². The third kappa shape index (κ3) is 1.78. The molecule has 0 amide bonds. The molecule has 0 heterocycles. The van der Waals surface area contributed by atoms with Crippen molar-refractivity contribution < 1.29 is 0 Å². The summed E-state index contributed by atoms with van der Waals surface area (Å²) in [6.07, 6.45) is 0. The number of hydrogen-bond acceptors (Lipinski definition) is 0. The summed E-state index contributed by atoms with van der Waals surface area (Å²) >= 11 is 0. The van der Waals surface area contributed by atoms with Crippen LogP contribution in [0.2, 0.25) is 0 Å². The first kappa shape index (κ1) is 11.3. The molecule has 18 heavy (non-hydrogen) atoms. The maximum atomic E-state index is 2.34. The molecule has 0 aromatic heterocycles. The summed E-state index contributed by atoms with van der Waals surface area (Å²) in [5.41, 5.74) is 1.59. The van der Waals surface area contributed by atoms with Gasteiger partial charge in [0.2, 0.25) is 0 Å². The lowest BCUT2D eigenvalue weighted by Gasteiger charge is -2.19. The van der Waals surface area contributed by atoms with Crippen molar-refractivity contribution in [3.8, 4) is 0 Å². The Bertz CT molecular complexity index is 715. The van der Waals surface area contributed by atoms with Crippen molar-refractivity contribution in [2.75, 3.05) is 0 Å². The Balaban J connectivity index is 2.40. The van der Waals surface area contributed by atoms with E-state index >= 15 is 0 Å². The molecule has 0 saturated carbocycles. The summed E-state index contributed by atoms with van der Waals surface area (Å²) in [5.74, 6) is 0. The van der Waals surface area contributed by atoms with E-state index in [1.54, 1.807) is 0 Å². The Labute approximate surface area is 108 Å². The summed E-state index contributed by atoms with van der Waals surface area (Å²) in [4.78, 5) is 0. The first-order valence-electron chi connectivity index (χ1n) is 6.48. The van der Waals surface area contributed by atoms with E-state index in [0.717, 1.165) is 0 Å². The lowest BCUT2D eigenvalue weighted by atomic mass is 9.85. The molecular weight excluding hydrogens is 216 g/mol. The van der Waals surface area contributed by atoms with Crippen LogP contribution in [0.3, 0.4) is 0 Å². The molecule has 0 radical (unpaired) electrons. The molecule has 3 aromatic rings. The highest BCUT2D eigenvalue weighted by molar-refractivity contribution is 6.07. The van der Waals surface area contributed by atoms with Gasteiger partial charge in [-0.1, -0.05) is 75.4 Å². The van der Waals surface area contributed by atoms with Gasteiger partial charge in [-0.3, -0.25) is 0 Å². The average Bonchev–Trinajstić information content (AvgIpc) is 2.37. The second kappa shape index (κ2) is 3.84. The molecular formula is C18H18. The first-order chi connectivity index (χ1) is 8.55. The minimum Gasteiger partial charge on any atom is -0.0616 e. The Morgan fingerprint density at radius 1 is 0.667 bits per heavy atom. The van der Waals surface area contributed by atoms with E-state index in [1.165, 1.54) is 27.1 Å². The number of benzene rings is 3. The fraction of sp³-hybridized carbons (Fsp3) is 0.222. The topological polar surface area (TPSA) is 0 Å². The minimum atomic E-state index is 0.200. The minimum absolute atomic E-state index is 0.200. The zero-order valence-electron chi connectivity index (χ0n) is 11.2. The van der Waals surface area contributed by atoms with Gasteiger partial charge in [-0.2, -0.15) is 0 Å². The van der Waals surface area contributed by atoms with Crippen LogP contribution in [0.25, 0.3) is 21.5 Å². The molecule has 0 bridgehead atoms. The number of fused-ring (bicyclic) bond motifs is 3. The quantitative estimate of drug-likeness (QED) is 0.463. The summed E-state index contributed by atoms with van der Waals surface area (Å²) in [6.45, 7) is 6.79. The zero-order valence-corrected chi connectivity index (χ0v) is 11.2. The van der Waals surface area contributed by atoms with Crippen molar-refractivity contribution in [2.24, 2.45) is 0 Å². The summed E-state index contributed by atoms with van der Waals surface area (Å²) in [5, 5.41) is 5.35. The predicted octanol–water partition coefficient (Wildman–Crippen LogP) is 5.29. The fourth-order valence-electron chi connectivity index (χ4n) is 2.47. The summed E-state index contributed by atoms with van der Waals surface area (Å²) < 4.78 is 0. The van der Waals surface area contributed by atoms with Crippen molar-refractivity contribution in [2.45, 2.75) is 26.2 Å². The van der Waals surface area contributed by atoms with Crippen molar-refractivity contribution in [1.82, 2.24) is 0 Å². The number of hydrogen-bond donors (Lipinski definition) is 0. The normalized spacial score (nSPS) is 12.2. The second-order valence-corrected chi connectivity index (χ2v) is 5.97. The highest BCUT2D eigenvalue weighted by Gasteiger charge is 2.14. The third-order valence-corrected chi connectivity index (χ3v) is 3.61. The van der Waals surface area contributed by atoms with E-state index in [9.17, 15) is 0 Å². The van der Waals surface area contributed by atoms with Crippen molar-refractivity contribution >= 4 is 21.5 Å². The third-order valence-electron chi connectivity index (χ3n) is 3.61. The van der Waals surface area contributed by atoms with Crippen LogP contribution in [0.1, 0.15) is 26.3 Å². The SMILES string of the molecule is CC(C)(C)c1ccc2ccc3ccccc3c2c1. The van der Waals surface area contributed by atoms with E-state index in [-0.39, 0.29) is 5.41 Å². The molecule has 0 nitrogen and oxygen atoms in total. The van der Waals surface area contributed by atoms with Crippen LogP contribution >= 0.6 is 0 Å². The van der Waals surface area contributed by atoms with Crippen LogP contribution in [-0.2, 0) is 5.41 Å². The van der Waals surface area contributed by atoms with Crippen molar-refractivity contribution in [3.05, 3.63) is 60.2 Å². The lowest BCUT2D eigenvalue weighted by molar-refractivity contribution is 0.591. The molecule has 3 aromatic carbocycles. The smallest absolute Gasteiger partial charge is 0.0102 e. The average molecular weight is 234 g/mol. The van der Waals surface area contributed by atoms with Crippen LogP contribution < -0.4 is 0 Å². The Kier molecular flexibility index (Phi) is 2.41. The second-order valence-electron chi connectivity index (χ2n) is 5.97. The molecule has 0 heteroatoms. The monoisotopic (exact) mass is 234 g/mol. The molecule has 3 rings (SSSR count). The van der Waals surface area contributed by atoms with Gasteiger partial charge in [-0.15, -0.1) is 0 Å². The zero-order chi connectivity index (χ0) is 12.8. The van der Waals surface area contributed by atoms with Gasteiger partial charge in [-0.25, -0.2) is 0 Å². The maximum absolute atomic E-state index is 2.34.